The Kier molecular flexibility index (Phi) is 6.79. The van der Waals surface area contributed by atoms with E-state index in [1.807, 2.05) is 0 Å². The fraction of sp³-hybridized carbons (Fsp3) is 0.273. The van der Waals surface area contributed by atoms with Gasteiger partial charge in [-0.1, -0.05) is 12.1 Å². The van der Waals surface area contributed by atoms with Gasteiger partial charge in [0, 0.05) is 18.7 Å². The van der Waals surface area contributed by atoms with Crippen LogP contribution in [-0.4, -0.2) is 30.6 Å². The highest BCUT2D eigenvalue weighted by Gasteiger charge is 2.36. The first kappa shape index (κ1) is 23.2. The summed E-state index contributed by atoms with van der Waals surface area (Å²) in [5.74, 6) is -0.821. The van der Waals surface area contributed by atoms with E-state index in [1.54, 1.807) is 29.2 Å². The van der Waals surface area contributed by atoms with Crippen LogP contribution in [0, 0.1) is 11.3 Å². The van der Waals surface area contributed by atoms with Crippen LogP contribution >= 0.6 is 12.2 Å². The zero-order valence-corrected chi connectivity index (χ0v) is 17.8. The number of esters is 1. The third-order valence-electron chi connectivity index (χ3n) is 4.96. The van der Waals surface area contributed by atoms with Crippen LogP contribution in [0.25, 0.3) is 0 Å². The van der Waals surface area contributed by atoms with E-state index in [9.17, 15) is 22.8 Å². The summed E-state index contributed by atoms with van der Waals surface area (Å²) in [6, 6.07) is 11.5. The van der Waals surface area contributed by atoms with Gasteiger partial charge in [0.05, 0.1) is 36.4 Å². The average Bonchev–Trinajstić information content (AvgIpc) is 2.91. The summed E-state index contributed by atoms with van der Waals surface area (Å²) < 4.78 is 44.9. The maximum absolute atomic E-state index is 13.4. The minimum atomic E-state index is -4.76. The van der Waals surface area contributed by atoms with Gasteiger partial charge in [-0.2, -0.15) is 18.4 Å². The highest BCUT2D eigenvalue weighted by atomic mass is 32.1. The molecule has 0 N–H and O–H groups in total. The number of benzene rings is 2. The van der Waals surface area contributed by atoms with E-state index in [1.165, 1.54) is 19.2 Å². The van der Waals surface area contributed by atoms with Gasteiger partial charge in [-0.15, -0.1) is 0 Å². The number of carbonyl (C=O) groups is 2. The SMILES string of the molecule is COC(=O)Cc1ccc(N2CCCC(=O)N(c3ccc(C#N)c(C(F)(F)F)c3)C2=S)cc1. The largest absolute Gasteiger partial charge is 0.469 e. The lowest BCUT2D eigenvalue weighted by atomic mass is 10.1. The second kappa shape index (κ2) is 9.36. The zero-order chi connectivity index (χ0) is 23.5. The number of hydrogen-bond donors (Lipinski definition) is 0. The lowest BCUT2D eigenvalue weighted by Gasteiger charge is -2.30. The number of alkyl halides is 3. The Bertz CT molecular complexity index is 1090. The maximum atomic E-state index is 13.4. The molecule has 10 heteroatoms. The molecule has 0 radical (unpaired) electrons. The van der Waals surface area contributed by atoms with E-state index in [0.717, 1.165) is 22.6 Å². The van der Waals surface area contributed by atoms with Gasteiger partial charge in [0.15, 0.2) is 5.11 Å². The molecule has 166 valence electrons. The van der Waals surface area contributed by atoms with E-state index in [0.29, 0.717) is 18.7 Å². The number of hydrogen-bond acceptors (Lipinski definition) is 5. The number of nitriles is 1. The first-order valence-electron chi connectivity index (χ1n) is 9.57. The predicted octanol–water partition coefficient (Wildman–Crippen LogP) is 4.21. The molecule has 6 nitrogen and oxygen atoms in total. The summed E-state index contributed by atoms with van der Waals surface area (Å²) in [4.78, 5) is 26.9. The Hall–Kier alpha value is -3.45. The average molecular weight is 461 g/mol. The number of methoxy groups -OCH3 is 1. The minimum absolute atomic E-state index is 0.0334. The number of nitrogens with zero attached hydrogens (tertiary/aromatic N) is 3. The lowest BCUT2D eigenvalue weighted by molar-refractivity contribution is -0.140. The van der Waals surface area contributed by atoms with Crippen LogP contribution < -0.4 is 9.80 Å². The van der Waals surface area contributed by atoms with Crippen molar-refractivity contribution in [3.05, 3.63) is 59.2 Å². The van der Waals surface area contributed by atoms with Crippen molar-refractivity contribution in [3.63, 3.8) is 0 Å². The first-order valence-corrected chi connectivity index (χ1v) is 9.98. The number of thiocarbonyl (C=S) groups is 1. The topological polar surface area (TPSA) is 73.6 Å². The normalized spacial score (nSPS) is 14.7. The maximum Gasteiger partial charge on any atom is 0.417 e. The van der Waals surface area contributed by atoms with Gasteiger partial charge in [-0.3, -0.25) is 14.5 Å². The third-order valence-corrected chi connectivity index (χ3v) is 5.36. The molecule has 0 spiro atoms. The Morgan fingerprint density at radius 2 is 1.84 bits per heavy atom. The Labute approximate surface area is 187 Å². The van der Waals surface area contributed by atoms with Crippen molar-refractivity contribution >= 4 is 40.6 Å². The van der Waals surface area contributed by atoms with Crippen molar-refractivity contribution in [2.24, 2.45) is 0 Å². The van der Waals surface area contributed by atoms with Gasteiger partial charge < -0.3 is 9.64 Å². The van der Waals surface area contributed by atoms with E-state index < -0.39 is 23.2 Å². The smallest absolute Gasteiger partial charge is 0.417 e. The first-order chi connectivity index (χ1) is 15.2. The molecular weight excluding hydrogens is 443 g/mol. The van der Waals surface area contributed by atoms with Crippen molar-refractivity contribution in [3.8, 4) is 6.07 Å². The predicted molar refractivity (Wildman–Crippen MR) is 115 cm³/mol. The molecule has 0 atom stereocenters. The van der Waals surface area contributed by atoms with Gasteiger partial charge in [0.25, 0.3) is 0 Å². The third kappa shape index (κ3) is 4.89. The summed E-state index contributed by atoms with van der Waals surface area (Å²) in [5.41, 5.74) is -0.367. The Morgan fingerprint density at radius 3 is 2.44 bits per heavy atom. The fourth-order valence-corrected chi connectivity index (χ4v) is 3.76. The van der Waals surface area contributed by atoms with Gasteiger partial charge in [0.2, 0.25) is 5.91 Å². The summed E-state index contributed by atoms with van der Waals surface area (Å²) in [7, 11) is 1.30. The van der Waals surface area contributed by atoms with Crippen LogP contribution in [0.15, 0.2) is 42.5 Å². The van der Waals surface area contributed by atoms with Crippen molar-refractivity contribution in [2.45, 2.75) is 25.4 Å². The molecule has 0 unspecified atom stereocenters. The molecule has 0 saturated carbocycles. The number of rotatable bonds is 4. The van der Waals surface area contributed by atoms with Crippen molar-refractivity contribution in [2.75, 3.05) is 23.5 Å². The molecule has 0 bridgehead atoms. The summed E-state index contributed by atoms with van der Waals surface area (Å²) in [6.45, 7) is 0.389. The molecular formula is C22H18F3N3O3S. The second-order valence-electron chi connectivity index (χ2n) is 7.03. The molecule has 1 aliphatic rings. The molecule has 1 fully saturated rings. The monoisotopic (exact) mass is 461 g/mol. The van der Waals surface area contributed by atoms with Crippen molar-refractivity contribution in [1.82, 2.24) is 0 Å². The Balaban J connectivity index is 1.96. The fourth-order valence-electron chi connectivity index (χ4n) is 3.35. The number of ether oxygens (including phenoxy) is 1. The van der Waals surface area contributed by atoms with Gasteiger partial charge in [0.1, 0.15) is 0 Å². The molecule has 2 aromatic carbocycles. The van der Waals surface area contributed by atoms with E-state index in [-0.39, 0.29) is 29.6 Å². The summed E-state index contributed by atoms with van der Waals surface area (Å²) in [6.07, 6.45) is -4.12. The summed E-state index contributed by atoms with van der Waals surface area (Å²) >= 11 is 5.51. The molecule has 2 aromatic rings. The number of carbonyl (C=O) groups excluding carboxylic acids is 2. The zero-order valence-electron chi connectivity index (χ0n) is 17.0. The highest BCUT2D eigenvalue weighted by Crippen LogP contribution is 2.35. The van der Waals surface area contributed by atoms with Crippen molar-refractivity contribution < 1.29 is 27.5 Å². The van der Waals surface area contributed by atoms with E-state index in [4.69, 9.17) is 17.5 Å². The molecule has 32 heavy (non-hydrogen) atoms. The quantitative estimate of drug-likeness (QED) is 0.502. The highest BCUT2D eigenvalue weighted by molar-refractivity contribution is 7.81. The molecule has 1 heterocycles. The number of halogens is 3. The molecule has 0 aliphatic carbocycles. The Morgan fingerprint density at radius 1 is 1.19 bits per heavy atom. The van der Waals surface area contributed by atoms with Crippen molar-refractivity contribution in [1.29, 1.82) is 5.26 Å². The lowest BCUT2D eigenvalue weighted by Crippen LogP contribution is -2.44. The van der Waals surface area contributed by atoms with Crippen LogP contribution in [0.3, 0.4) is 0 Å². The van der Waals surface area contributed by atoms with Gasteiger partial charge in [-0.05, 0) is 54.5 Å². The molecule has 0 aromatic heterocycles. The second-order valence-corrected chi connectivity index (χ2v) is 7.39. The molecule has 3 rings (SSSR count). The van der Waals surface area contributed by atoms with E-state index in [2.05, 4.69) is 4.74 Å². The van der Waals surface area contributed by atoms with Crippen LogP contribution in [0.4, 0.5) is 24.5 Å². The van der Waals surface area contributed by atoms with Crippen LogP contribution in [0.2, 0.25) is 0 Å². The van der Waals surface area contributed by atoms with E-state index >= 15 is 0 Å². The minimum Gasteiger partial charge on any atom is -0.469 e. The number of anilines is 2. The number of amides is 1. The summed E-state index contributed by atoms with van der Waals surface area (Å²) in [5, 5.41) is 9.06. The molecule has 1 amide bonds. The molecule has 1 aliphatic heterocycles. The van der Waals surface area contributed by atoms with Gasteiger partial charge >= 0.3 is 12.1 Å². The van der Waals surface area contributed by atoms with Crippen LogP contribution in [0.5, 0.6) is 0 Å². The standard InChI is InChI=1S/C22H18F3N3O3S/c1-31-20(30)11-14-4-7-16(8-5-14)27-10-2-3-19(29)28(21(27)32)17-9-6-15(13-26)18(12-17)22(23,24)25/h4-9,12H,2-3,10-11H2,1H3. The van der Waals surface area contributed by atoms with Crippen LogP contribution in [0.1, 0.15) is 29.5 Å². The van der Waals surface area contributed by atoms with Crippen LogP contribution in [-0.2, 0) is 26.9 Å². The van der Waals surface area contributed by atoms with Gasteiger partial charge in [-0.25, -0.2) is 0 Å². The molecule has 1 saturated heterocycles.